The van der Waals surface area contributed by atoms with Gasteiger partial charge in [-0.25, -0.2) is 0 Å². The molecule has 0 amide bonds. The van der Waals surface area contributed by atoms with Crippen molar-refractivity contribution in [3.63, 3.8) is 0 Å². The normalized spacial score (nSPS) is 15.1. The van der Waals surface area contributed by atoms with Gasteiger partial charge in [-0.1, -0.05) is 35.5 Å². The summed E-state index contributed by atoms with van der Waals surface area (Å²) in [6.45, 7) is 10.7. The highest BCUT2D eigenvalue weighted by molar-refractivity contribution is 7.54. The van der Waals surface area contributed by atoms with Crippen LogP contribution in [0.5, 0.6) is 0 Å². The van der Waals surface area contributed by atoms with Gasteiger partial charge in [0, 0.05) is 0 Å². The molecule has 0 heterocycles. The largest absolute Gasteiger partial charge is 0.335 e. The van der Waals surface area contributed by atoms with Crippen LogP contribution in [-0.4, -0.2) is 34.3 Å². The highest BCUT2D eigenvalue weighted by Gasteiger charge is 2.27. The molecule has 24 heavy (non-hydrogen) atoms. The maximum Gasteiger partial charge on any atom is 0.335 e. The van der Waals surface area contributed by atoms with Crippen LogP contribution >= 0.6 is 15.2 Å². The van der Waals surface area contributed by atoms with Crippen molar-refractivity contribution in [1.29, 1.82) is 0 Å². The molecule has 2 N–H and O–H groups in total. The summed E-state index contributed by atoms with van der Waals surface area (Å²) in [6, 6.07) is 0. The smallest absolute Gasteiger partial charge is 0.324 e. The van der Waals surface area contributed by atoms with Crippen molar-refractivity contribution in [2.45, 2.75) is 53.8 Å². The van der Waals surface area contributed by atoms with Crippen LogP contribution in [0.4, 0.5) is 0 Å². The molecule has 0 aliphatic rings. The average Bonchev–Trinajstić information content (AvgIpc) is 2.29. The standard InChI is InChI=1S/C16H30O6P2/c1-13(2)21-24(20,22-14(3)4)12-16(6)10-8-7-9-15(5)11-23(17,18)19/h7-10,13-14H,11-12H2,1-6H3,(H2,17,18,19). The zero-order chi connectivity index (χ0) is 19.0. The third kappa shape index (κ3) is 12.9. The van der Waals surface area contributed by atoms with Gasteiger partial charge >= 0.3 is 15.2 Å². The first-order chi connectivity index (χ1) is 10.8. The summed E-state index contributed by atoms with van der Waals surface area (Å²) in [5, 5.41) is 0. The van der Waals surface area contributed by atoms with E-state index in [2.05, 4.69) is 0 Å². The molecule has 0 saturated heterocycles. The minimum Gasteiger partial charge on any atom is -0.324 e. The number of allylic oxidation sites excluding steroid dienone is 6. The Hall–Kier alpha value is -0.480. The molecular weight excluding hydrogens is 350 g/mol. The van der Waals surface area contributed by atoms with Crippen LogP contribution in [-0.2, 0) is 18.2 Å². The Labute approximate surface area is 145 Å². The van der Waals surface area contributed by atoms with E-state index in [1.807, 2.05) is 34.6 Å². The fourth-order valence-corrected chi connectivity index (χ4v) is 4.87. The third-order valence-corrected chi connectivity index (χ3v) is 5.80. The molecule has 0 spiro atoms. The third-order valence-electron chi connectivity index (χ3n) is 2.51. The molecular formula is C16H30O6P2. The molecule has 0 aliphatic heterocycles. The van der Waals surface area contributed by atoms with Crippen LogP contribution in [0.2, 0.25) is 0 Å². The van der Waals surface area contributed by atoms with Crippen LogP contribution in [0, 0.1) is 0 Å². The van der Waals surface area contributed by atoms with Gasteiger partial charge in [0.15, 0.2) is 0 Å². The Bertz CT molecular complexity index is 555. The summed E-state index contributed by atoms with van der Waals surface area (Å²) in [6.07, 6.45) is 6.37. The highest BCUT2D eigenvalue weighted by Crippen LogP contribution is 2.51. The highest BCUT2D eigenvalue weighted by atomic mass is 31.2. The second kappa shape index (κ2) is 10.5. The zero-order valence-corrected chi connectivity index (χ0v) is 17.1. The Morgan fingerprint density at radius 3 is 1.58 bits per heavy atom. The molecule has 6 nitrogen and oxygen atoms in total. The summed E-state index contributed by atoms with van der Waals surface area (Å²) < 4.78 is 34.6. The lowest BCUT2D eigenvalue weighted by atomic mass is 10.2. The van der Waals surface area contributed by atoms with Crippen LogP contribution in [0.3, 0.4) is 0 Å². The van der Waals surface area contributed by atoms with Gasteiger partial charge < -0.3 is 18.8 Å². The molecule has 0 saturated carbocycles. The number of rotatable bonds is 10. The maximum absolute atomic E-state index is 12.7. The van der Waals surface area contributed by atoms with Gasteiger partial charge in [-0.3, -0.25) is 9.13 Å². The number of hydrogen-bond donors (Lipinski definition) is 2. The van der Waals surface area contributed by atoms with Crippen LogP contribution in [0.15, 0.2) is 35.5 Å². The molecule has 0 aliphatic carbocycles. The van der Waals surface area contributed by atoms with Crippen LogP contribution < -0.4 is 0 Å². The first-order valence-corrected chi connectivity index (χ1v) is 11.4. The summed E-state index contributed by atoms with van der Waals surface area (Å²) >= 11 is 0. The van der Waals surface area contributed by atoms with Crippen molar-refractivity contribution in [2.75, 3.05) is 12.3 Å². The van der Waals surface area contributed by atoms with E-state index in [1.54, 1.807) is 31.2 Å². The quantitative estimate of drug-likeness (QED) is 0.423. The molecule has 0 aromatic heterocycles. The molecule has 0 unspecified atom stereocenters. The average molecular weight is 380 g/mol. The van der Waals surface area contributed by atoms with Crippen molar-refractivity contribution in [3.05, 3.63) is 35.5 Å². The Kier molecular flexibility index (Phi) is 10.3. The zero-order valence-electron chi connectivity index (χ0n) is 15.3. The molecule has 0 atom stereocenters. The van der Waals surface area contributed by atoms with E-state index in [4.69, 9.17) is 18.8 Å². The molecule has 0 radical (unpaired) electrons. The first kappa shape index (κ1) is 23.5. The van der Waals surface area contributed by atoms with Crippen LogP contribution in [0.25, 0.3) is 0 Å². The van der Waals surface area contributed by atoms with E-state index in [0.29, 0.717) is 5.57 Å². The van der Waals surface area contributed by atoms with Crippen molar-refractivity contribution < 1.29 is 28.0 Å². The lowest BCUT2D eigenvalue weighted by molar-refractivity contribution is 0.144. The van der Waals surface area contributed by atoms with Gasteiger partial charge in [-0.15, -0.1) is 0 Å². The topological polar surface area (TPSA) is 93.1 Å². The van der Waals surface area contributed by atoms with Crippen LogP contribution in [0.1, 0.15) is 41.5 Å². The molecule has 0 aromatic rings. The second-order valence-corrected chi connectivity index (χ2v) is 9.92. The monoisotopic (exact) mass is 380 g/mol. The maximum atomic E-state index is 12.7. The summed E-state index contributed by atoms with van der Waals surface area (Å²) in [5.74, 6) is 0. The molecule has 8 heteroatoms. The predicted molar refractivity (Wildman–Crippen MR) is 98.5 cm³/mol. The van der Waals surface area contributed by atoms with E-state index in [-0.39, 0.29) is 24.5 Å². The molecule has 0 aromatic carbocycles. The molecule has 0 rings (SSSR count). The van der Waals surface area contributed by atoms with E-state index in [1.165, 1.54) is 0 Å². The fourth-order valence-electron chi connectivity index (χ4n) is 1.92. The van der Waals surface area contributed by atoms with Gasteiger partial charge in [0.05, 0.1) is 24.5 Å². The summed E-state index contributed by atoms with van der Waals surface area (Å²) in [7, 11) is -7.24. The van der Waals surface area contributed by atoms with Gasteiger partial charge in [0.25, 0.3) is 0 Å². The van der Waals surface area contributed by atoms with Crippen molar-refractivity contribution >= 4 is 15.2 Å². The van der Waals surface area contributed by atoms with Crippen molar-refractivity contribution in [2.24, 2.45) is 0 Å². The summed E-state index contributed by atoms with van der Waals surface area (Å²) in [5.41, 5.74) is 1.42. The molecule has 0 bridgehead atoms. The SMILES string of the molecule is CC(=CC=CC=C(C)CP(=O)(OC(C)C)OC(C)C)CP(=O)(O)O. The van der Waals surface area contributed by atoms with Gasteiger partial charge in [-0.2, -0.15) is 0 Å². The summed E-state index contributed by atoms with van der Waals surface area (Å²) in [4.78, 5) is 17.8. The van der Waals surface area contributed by atoms with E-state index < -0.39 is 15.2 Å². The number of hydrogen-bond acceptors (Lipinski definition) is 4. The first-order valence-electron chi connectivity index (χ1n) is 7.83. The van der Waals surface area contributed by atoms with E-state index in [0.717, 1.165) is 5.57 Å². The Morgan fingerprint density at radius 1 is 0.875 bits per heavy atom. The second-order valence-electron chi connectivity index (χ2n) is 6.31. The van der Waals surface area contributed by atoms with Gasteiger partial charge in [-0.05, 0) is 41.5 Å². The molecule has 0 fully saturated rings. The van der Waals surface area contributed by atoms with Gasteiger partial charge in [0.1, 0.15) is 0 Å². The van der Waals surface area contributed by atoms with Crippen molar-refractivity contribution in [1.82, 2.24) is 0 Å². The Balaban J connectivity index is 4.87. The minimum absolute atomic E-state index is 0.193. The minimum atomic E-state index is -4.03. The fraction of sp³-hybridized carbons (Fsp3) is 0.625. The lowest BCUT2D eigenvalue weighted by Gasteiger charge is -2.23. The lowest BCUT2D eigenvalue weighted by Crippen LogP contribution is -2.10. The van der Waals surface area contributed by atoms with Crippen molar-refractivity contribution in [3.8, 4) is 0 Å². The predicted octanol–water partition coefficient (Wildman–Crippen LogP) is 4.66. The Morgan fingerprint density at radius 2 is 1.25 bits per heavy atom. The van der Waals surface area contributed by atoms with E-state index >= 15 is 0 Å². The molecule has 140 valence electrons. The van der Waals surface area contributed by atoms with Gasteiger partial charge in [0.2, 0.25) is 0 Å². The van der Waals surface area contributed by atoms with E-state index in [9.17, 15) is 9.13 Å².